The molecule has 8 heteroatoms. The average molecular weight is 423 g/mol. The summed E-state index contributed by atoms with van der Waals surface area (Å²) in [5.74, 6) is 0.563. The van der Waals surface area contributed by atoms with Gasteiger partial charge in [0.05, 0.1) is 11.6 Å². The van der Waals surface area contributed by atoms with E-state index >= 15 is 0 Å². The SMILES string of the molecule is O=C(NC1CN2CCC1CC2)c1nn(C2CCNC2)c2cc(-c3nccs3)ccc12. The Morgan fingerprint density at radius 2 is 2.13 bits per heavy atom. The molecule has 0 aliphatic carbocycles. The standard InChI is InChI=1S/C22H26N6OS/c29-21(25-18-13-27-8-4-14(18)5-9-27)20-17-2-1-15(22-24-7-10-30-22)11-19(17)28(26-20)16-3-6-23-12-16/h1-2,7,10-11,14,16,18,23H,3-6,8-9,12-13H2,(H,25,29). The van der Waals surface area contributed by atoms with Crippen LogP contribution in [0.1, 0.15) is 35.8 Å². The van der Waals surface area contributed by atoms with Crippen LogP contribution >= 0.6 is 11.3 Å². The summed E-state index contributed by atoms with van der Waals surface area (Å²) in [5, 5.41) is 15.5. The molecule has 4 saturated heterocycles. The van der Waals surface area contributed by atoms with Gasteiger partial charge in [0, 0.05) is 41.7 Å². The molecule has 7 rings (SSSR count). The van der Waals surface area contributed by atoms with Crippen LogP contribution in [0.2, 0.25) is 0 Å². The second-order valence-corrected chi connectivity index (χ2v) is 9.62. The Hall–Kier alpha value is -2.29. The number of aromatic nitrogens is 3. The van der Waals surface area contributed by atoms with Crippen LogP contribution in [0.3, 0.4) is 0 Å². The average Bonchev–Trinajstić information content (AvgIpc) is 3.54. The molecule has 0 saturated carbocycles. The third-order valence-corrected chi connectivity index (χ3v) is 7.78. The van der Waals surface area contributed by atoms with Gasteiger partial charge in [-0.3, -0.25) is 9.48 Å². The summed E-state index contributed by atoms with van der Waals surface area (Å²) in [6, 6.07) is 6.76. The number of hydrogen-bond acceptors (Lipinski definition) is 6. The number of fused-ring (bicyclic) bond motifs is 4. The van der Waals surface area contributed by atoms with Crippen LogP contribution in [-0.2, 0) is 0 Å². The third kappa shape index (κ3) is 3.14. The molecule has 1 amide bonds. The van der Waals surface area contributed by atoms with Gasteiger partial charge < -0.3 is 15.5 Å². The Morgan fingerprint density at radius 1 is 1.23 bits per heavy atom. The van der Waals surface area contributed by atoms with E-state index in [2.05, 4.69) is 37.3 Å². The Balaban J connectivity index is 1.37. The zero-order chi connectivity index (χ0) is 20.1. The molecular weight excluding hydrogens is 396 g/mol. The highest BCUT2D eigenvalue weighted by molar-refractivity contribution is 7.13. The van der Waals surface area contributed by atoms with Crippen molar-refractivity contribution in [3.63, 3.8) is 0 Å². The van der Waals surface area contributed by atoms with Crippen LogP contribution in [0.25, 0.3) is 21.5 Å². The summed E-state index contributed by atoms with van der Waals surface area (Å²) < 4.78 is 2.07. The van der Waals surface area contributed by atoms with Gasteiger partial charge in [-0.05, 0) is 56.9 Å². The number of hydrogen-bond donors (Lipinski definition) is 2. The molecule has 2 N–H and O–H groups in total. The highest BCUT2D eigenvalue weighted by atomic mass is 32.1. The summed E-state index contributed by atoms with van der Waals surface area (Å²) in [6.07, 6.45) is 5.23. The lowest BCUT2D eigenvalue weighted by Gasteiger charge is -2.44. The van der Waals surface area contributed by atoms with E-state index in [1.807, 2.05) is 17.6 Å². The second-order valence-electron chi connectivity index (χ2n) is 8.73. The molecule has 4 aliphatic rings. The predicted molar refractivity (Wildman–Crippen MR) is 118 cm³/mol. The minimum atomic E-state index is -0.0366. The van der Waals surface area contributed by atoms with Crippen molar-refractivity contribution in [2.45, 2.75) is 31.3 Å². The van der Waals surface area contributed by atoms with Crippen molar-refractivity contribution >= 4 is 28.1 Å². The summed E-state index contributed by atoms with van der Waals surface area (Å²) in [6.45, 7) is 5.18. The number of carbonyl (C=O) groups excluding carboxylic acids is 1. The van der Waals surface area contributed by atoms with Crippen molar-refractivity contribution in [2.24, 2.45) is 5.92 Å². The van der Waals surface area contributed by atoms with Gasteiger partial charge in [0.25, 0.3) is 5.91 Å². The molecule has 2 bridgehead atoms. The minimum absolute atomic E-state index is 0.0366. The summed E-state index contributed by atoms with van der Waals surface area (Å²) in [7, 11) is 0. The molecular formula is C22H26N6OS. The summed E-state index contributed by atoms with van der Waals surface area (Å²) in [4.78, 5) is 20.2. The molecule has 30 heavy (non-hydrogen) atoms. The first-order chi connectivity index (χ1) is 14.8. The van der Waals surface area contributed by atoms with Crippen molar-refractivity contribution in [3.8, 4) is 10.6 Å². The normalized spacial score (nSPS) is 28.3. The predicted octanol–water partition coefficient (Wildman–Crippen LogP) is 2.52. The fourth-order valence-corrected chi connectivity index (χ4v) is 5.93. The Labute approximate surface area is 179 Å². The second kappa shape index (κ2) is 7.44. The van der Waals surface area contributed by atoms with Crippen LogP contribution in [-0.4, -0.2) is 64.3 Å². The van der Waals surface area contributed by atoms with E-state index in [-0.39, 0.29) is 18.0 Å². The smallest absolute Gasteiger partial charge is 0.272 e. The monoisotopic (exact) mass is 422 g/mol. The molecule has 1 aromatic carbocycles. The van der Waals surface area contributed by atoms with Gasteiger partial charge in [0.2, 0.25) is 0 Å². The van der Waals surface area contributed by atoms with E-state index in [1.54, 1.807) is 11.3 Å². The molecule has 6 heterocycles. The Bertz CT molecular complexity index is 1060. The molecule has 2 atom stereocenters. The largest absolute Gasteiger partial charge is 0.346 e. The van der Waals surface area contributed by atoms with Gasteiger partial charge in [0.15, 0.2) is 5.69 Å². The highest BCUT2D eigenvalue weighted by Gasteiger charge is 2.36. The summed E-state index contributed by atoms with van der Waals surface area (Å²) >= 11 is 1.63. The number of benzene rings is 1. The van der Waals surface area contributed by atoms with Gasteiger partial charge >= 0.3 is 0 Å². The molecule has 4 fully saturated rings. The molecule has 4 aliphatic heterocycles. The van der Waals surface area contributed by atoms with E-state index in [4.69, 9.17) is 5.10 Å². The van der Waals surface area contributed by atoms with Crippen LogP contribution in [0.15, 0.2) is 29.8 Å². The fourth-order valence-electron chi connectivity index (χ4n) is 5.30. The number of thiazole rings is 1. The number of rotatable bonds is 4. The maximum atomic E-state index is 13.3. The molecule has 0 spiro atoms. The van der Waals surface area contributed by atoms with E-state index in [0.29, 0.717) is 11.6 Å². The topological polar surface area (TPSA) is 75.1 Å². The highest BCUT2D eigenvalue weighted by Crippen LogP contribution is 2.31. The van der Waals surface area contributed by atoms with Crippen molar-refractivity contribution in [2.75, 3.05) is 32.7 Å². The molecule has 3 aromatic rings. The van der Waals surface area contributed by atoms with Gasteiger partial charge in [-0.2, -0.15) is 5.10 Å². The lowest BCUT2D eigenvalue weighted by Crippen LogP contribution is -2.57. The van der Waals surface area contributed by atoms with Crippen LogP contribution in [0, 0.1) is 5.92 Å². The first-order valence-electron chi connectivity index (χ1n) is 10.9. The first-order valence-corrected chi connectivity index (χ1v) is 11.8. The number of nitrogens with one attached hydrogen (secondary N) is 2. The number of carbonyl (C=O) groups is 1. The van der Waals surface area contributed by atoms with Crippen molar-refractivity contribution in [1.82, 2.24) is 30.3 Å². The van der Waals surface area contributed by atoms with Crippen molar-refractivity contribution in [1.29, 1.82) is 0 Å². The van der Waals surface area contributed by atoms with E-state index in [1.165, 1.54) is 25.9 Å². The molecule has 7 nitrogen and oxygen atoms in total. The number of piperidine rings is 3. The van der Waals surface area contributed by atoms with E-state index < -0.39 is 0 Å². The molecule has 2 unspecified atom stereocenters. The third-order valence-electron chi connectivity index (χ3n) is 6.95. The number of amides is 1. The van der Waals surface area contributed by atoms with Crippen LogP contribution < -0.4 is 10.6 Å². The van der Waals surface area contributed by atoms with Crippen LogP contribution in [0.5, 0.6) is 0 Å². The summed E-state index contributed by atoms with van der Waals surface area (Å²) in [5.41, 5.74) is 2.66. The molecule has 156 valence electrons. The van der Waals surface area contributed by atoms with Gasteiger partial charge in [-0.15, -0.1) is 11.3 Å². The van der Waals surface area contributed by atoms with Crippen LogP contribution in [0.4, 0.5) is 0 Å². The maximum Gasteiger partial charge on any atom is 0.272 e. The molecule has 2 aromatic heterocycles. The van der Waals surface area contributed by atoms with Crippen molar-refractivity contribution < 1.29 is 4.79 Å². The number of nitrogens with zero attached hydrogens (tertiary/aromatic N) is 4. The van der Waals surface area contributed by atoms with Gasteiger partial charge in [-0.1, -0.05) is 6.07 Å². The minimum Gasteiger partial charge on any atom is -0.346 e. The Kier molecular flexibility index (Phi) is 4.58. The zero-order valence-corrected chi connectivity index (χ0v) is 17.7. The zero-order valence-electron chi connectivity index (χ0n) is 16.9. The van der Waals surface area contributed by atoms with Gasteiger partial charge in [0.1, 0.15) is 5.01 Å². The Morgan fingerprint density at radius 3 is 2.83 bits per heavy atom. The lowest BCUT2D eigenvalue weighted by atomic mass is 9.84. The molecule has 0 radical (unpaired) electrons. The van der Waals surface area contributed by atoms with E-state index in [0.717, 1.165) is 47.5 Å². The van der Waals surface area contributed by atoms with Crippen molar-refractivity contribution in [3.05, 3.63) is 35.5 Å². The van der Waals surface area contributed by atoms with E-state index in [9.17, 15) is 4.79 Å². The fraction of sp³-hybridized carbons (Fsp3) is 0.500. The lowest BCUT2D eigenvalue weighted by molar-refractivity contribution is 0.0618. The maximum absolute atomic E-state index is 13.3. The van der Waals surface area contributed by atoms with Gasteiger partial charge in [-0.25, -0.2) is 4.98 Å². The first kappa shape index (κ1) is 18.5. The quantitative estimate of drug-likeness (QED) is 0.676.